The van der Waals surface area contributed by atoms with Gasteiger partial charge in [-0.05, 0) is 12.1 Å². The third kappa shape index (κ3) is 1.47. The first-order valence-electron chi connectivity index (χ1n) is 5.48. The summed E-state index contributed by atoms with van der Waals surface area (Å²) in [6.45, 7) is 1.81. The maximum Gasteiger partial charge on any atom is 0.192 e. The molecule has 0 saturated carbocycles. The summed E-state index contributed by atoms with van der Waals surface area (Å²) in [5.41, 5.74) is 3.63. The van der Waals surface area contributed by atoms with Gasteiger partial charge in [0.2, 0.25) is 0 Å². The molecular weight excluding hydrogens is 228 g/mol. The Hall–Kier alpha value is -2.61. The summed E-state index contributed by atoms with van der Waals surface area (Å²) in [6, 6.07) is 7.78. The Labute approximate surface area is 103 Å². The summed E-state index contributed by atoms with van der Waals surface area (Å²) in [4.78, 5) is 8.30. The van der Waals surface area contributed by atoms with Gasteiger partial charge in [-0.1, -0.05) is 6.07 Å². The second-order valence-electron chi connectivity index (χ2n) is 4.08. The largest absolute Gasteiger partial charge is 0.441 e. The molecule has 0 amide bonds. The van der Waals surface area contributed by atoms with E-state index >= 15 is 0 Å². The molecule has 0 fully saturated rings. The number of aryl methyl sites for hydroxylation is 2. The van der Waals surface area contributed by atoms with E-state index in [1.165, 1.54) is 0 Å². The predicted molar refractivity (Wildman–Crippen MR) is 65.7 cm³/mol. The van der Waals surface area contributed by atoms with Gasteiger partial charge in [-0.15, -0.1) is 0 Å². The molecule has 0 unspecified atom stereocenters. The topological polar surface area (TPSA) is 67.6 Å². The number of hydrogen-bond donors (Lipinski definition) is 0. The van der Waals surface area contributed by atoms with E-state index in [0.29, 0.717) is 11.6 Å². The number of aromatic nitrogens is 3. The Morgan fingerprint density at radius 2 is 2.22 bits per heavy atom. The second-order valence-corrected chi connectivity index (χ2v) is 4.08. The molecule has 0 bridgehead atoms. The van der Waals surface area contributed by atoms with E-state index in [-0.39, 0.29) is 0 Å². The van der Waals surface area contributed by atoms with Gasteiger partial charge in [0.15, 0.2) is 17.2 Å². The average molecular weight is 238 g/mol. The Morgan fingerprint density at radius 1 is 1.39 bits per heavy atom. The minimum absolute atomic E-state index is 0.410. The number of nitrogens with zero attached hydrogens (tertiary/aromatic N) is 4. The number of rotatable bonds is 1. The Kier molecular flexibility index (Phi) is 2.17. The molecule has 0 atom stereocenters. The van der Waals surface area contributed by atoms with Crippen LogP contribution in [0.1, 0.15) is 11.6 Å². The maximum atomic E-state index is 9.05. The number of nitriles is 1. The number of benzene rings is 1. The van der Waals surface area contributed by atoms with Crippen LogP contribution in [0.25, 0.3) is 22.4 Å². The summed E-state index contributed by atoms with van der Waals surface area (Å²) in [5, 5.41) is 9.05. The molecule has 0 N–H and O–H groups in total. The molecule has 0 aliphatic carbocycles. The first-order valence-corrected chi connectivity index (χ1v) is 5.48. The van der Waals surface area contributed by atoms with Crippen molar-refractivity contribution in [3.8, 4) is 17.3 Å². The van der Waals surface area contributed by atoms with Crippen molar-refractivity contribution in [2.24, 2.45) is 7.05 Å². The third-order valence-corrected chi connectivity index (χ3v) is 2.81. The molecule has 2 heterocycles. The highest BCUT2D eigenvalue weighted by Gasteiger charge is 2.12. The van der Waals surface area contributed by atoms with Gasteiger partial charge in [0, 0.05) is 19.5 Å². The highest BCUT2D eigenvalue weighted by atomic mass is 16.3. The van der Waals surface area contributed by atoms with Crippen LogP contribution in [0, 0.1) is 18.3 Å². The molecule has 3 aromatic rings. The van der Waals surface area contributed by atoms with Crippen LogP contribution in [-0.2, 0) is 7.05 Å². The molecule has 3 rings (SSSR count). The Morgan fingerprint density at radius 3 is 3.00 bits per heavy atom. The first-order chi connectivity index (χ1) is 8.69. The lowest BCUT2D eigenvalue weighted by molar-refractivity contribution is 0.561. The zero-order chi connectivity index (χ0) is 12.7. The molecule has 0 aliphatic heterocycles. The maximum absolute atomic E-state index is 9.05. The highest BCUT2D eigenvalue weighted by molar-refractivity contribution is 5.80. The Balaban J connectivity index is 2.25. The van der Waals surface area contributed by atoms with Crippen LogP contribution in [0.5, 0.6) is 0 Å². The summed E-state index contributed by atoms with van der Waals surface area (Å²) in [5.74, 6) is 0.632. The van der Waals surface area contributed by atoms with Gasteiger partial charge in [0.25, 0.3) is 0 Å². The van der Waals surface area contributed by atoms with E-state index in [2.05, 4.69) is 16.0 Å². The van der Waals surface area contributed by atoms with Gasteiger partial charge in [0.05, 0.1) is 12.0 Å². The van der Waals surface area contributed by atoms with Crippen molar-refractivity contribution in [1.82, 2.24) is 14.5 Å². The molecule has 5 nitrogen and oxygen atoms in total. The number of hydrogen-bond acceptors (Lipinski definition) is 4. The fraction of sp³-hybridized carbons (Fsp3) is 0.154. The molecule has 0 radical (unpaired) electrons. The fourth-order valence-electron chi connectivity index (χ4n) is 2.04. The first kappa shape index (κ1) is 10.5. The highest BCUT2D eigenvalue weighted by Crippen LogP contribution is 2.26. The van der Waals surface area contributed by atoms with E-state index in [0.717, 1.165) is 22.4 Å². The third-order valence-electron chi connectivity index (χ3n) is 2.81. The van der Waals surface area contributed by atoms with E-state index in [4.69, 9.17) is 9.68 Å². The average Bonchev–Trinajstić information content (AvgIpc) is 2.89. The molecule has 0 spiro atoms. The van der Waals surface area contributed by atoms with Gasteiger partial charge in [0.1, 0.15) is 11.6 Å². The second kappa shape index (κ2) is 3.70. The zero-order valence-electron chi connectivity index (χ0n) is 10.0. The molecule has 0 aliphatic rings. The van der Waals surface area contributed by atoms with E-state index in [1.54, 1.807) is 6.33 Å². The van der Waals surface area contributed by atoms with Crippen LogP contribution in [0.2, 0.25) is 0 Å². The van der Waals surface area contributed by atoms with Gasteiger partial charge < -0.3 is 8.98 Å². The van der Waals surface area contributed by atoms with E-state index < -0.39 is 0 Å². The SMILES string of the molecule is Cc1nc2ccc(-c3c(C#N)ncn3C)cc2o1. The summed E-state index contributed by atoms with van der Waals surface area (Å²) >= 11 is 0. The number of imidazole rings is 1. The van der Waals surface area contributed by atoms with Crippen molar-refractivity contribution in [1.29, 1.82) is 5.26 Å². The van der Waals surface area contributed by atoms with Crippen molar-refractivity contribution < 1.29 is 4.42 Å². The van der Waals surface area contributed by atoms with E-state index in [1.807, 2.05) is 36.7 Å². The molecule has 5 heteroatoms. The van der Waals surface area contributed by atoms with Gasteiger partial charge in [-0.2, -0.15) is 5.26 Å². The van der Waals surface area contributed by atoms with Crippen molar-refractivity contribution in [3.63, 3.8) is 0 Å². The molecule has 0 saturated heterocycles. The van der Waals surface area contributed by atoms with Crippen LogP contribution in [0.3, 0.4) is 0 Å². The van der Waals surface area contributed by atoms with Gasteiger partial charge in [-0.25, -0.2) is 9.97 Å². The van der Waals surface area contributed by atoms with Crippen molar-refractivity contribution in [2.45, 2.75) is 6.92 Å². The summed E-state index contributed by atoms with van der Waals surface area (Å²) in [6.07, 6.45) is 1.63. The van der Waals surface area contributed by atoms with Crippen LogP contribution in [0.4, 0.5) is 0 Å². The van der Waals surface area contributed by atoms with Crippen molar-refractivity contribution in [2.75, 3.05) is 0 Å². The molecule has 1 aromatic carbocycles. The summed E-state index contributed by atoms with van der Waals surface area (Å²) < 4.78 is 7.32. The molecule has 18 heavy (non-hydrogen) atoms. The summed E-state index contributed by atoms with van der Waals surface area (Å²) in [7, 11) is 1.86. The van der Waals surface area contributed by atoms with Crippen molar-refractivity contribution >= 4 is 11.1 Å². The lowest BCUT2D eigenvalue weighted by atomic mass is 10.1. The standard InChI is InChI=1S/C13H10N4O/c1-8-16-10-4-3-9(5-12(10)18-8)13-11(6-14)15-7-17(13)2/h3-5,7H,1-2H3. The van der Waals surface area contributed by atoms with Gasteiger partial charge in [-0.3, -0.25) is 0 Å². The lowest BCUT2D eigenvalue weighted by Crippen LogP contribution is -1.91. The minimum Gasteiger partial charge on any atom is -0.441 e. The number of fused-ring (bicyclic) bond motifs is 1. The fourth-order valence-corrected chi connectivity index (χ4v) is 2.04. The van der Waals surface area contributed by atoms with Crippen LogP contribution < -0.4 is 0 Å². The van der Waals surface area contributed by atoms with Gasteiger partial charge >= 0.3 is 0 Å². The molecule has 88 valence electrons. The predicted octanol–water partition coefficient (Wildman–Crippen LogP) is 2.41. The van der Waals surface area contributed by atoms with Crippen LogP contribution in [0.15, 0.2) is 28.9 Å². The lowest BCUT2D eigenvalue weighted by Gasteiger charge is -2.02. The molecular formula is C13H10N4O. The minimum atomic E-state index is 0.410. The van der Waals surface area contributed by atoms with E-state index in [9.17, 15) is 0 Å². The monoisotopic (exact) mass is 238 g/mol. The van der Waals surface area contributed by atoms with Crippen LogP contribution in [-0.4, -0.2) is 14.5 Å². The smallest absolute Gasteiger partial charge is 0.192 e. The van der Waals surface area contributed by atoms with Crippen LogP contribution >= 0.6 is 0 Å². The molecule has 2 aromatic heterocycles. The Bertz CT molecular complexity index is 776. The zero-order valence-corrected chi connectivity index (χ0v) is 10.0. The normalized spacial score (nSPS) is 10.7. The number of oxazole rings is 1. The quantitative estimate of drug-likeness (QED) is 0.652. The van der Waals surface area contributed by atoms with Crippen molar-refractivity contribution in [3.05, 3.63) is 36.1 Å².